The third kappa shape index (κ3) is 4.19. The van der Waals surface area contributed by atoms with Crippen LogP contribution in [-0.4, -0.2) is 63.5 Å². The van der Waals surface area contributed by atoms with E-state index in [-0.39, 0.29) is 0 Å². The summed E-state index contributed by atoms with van der Waals surface area (Å²) in [6.45, 7) is 6.07. The highest BCUT2D eigenvalue weighted by Crippen LogP contribution is 2.24. The van der Waals surface area contributed by atoms with E-state index < -0.39 is 0 Å². The van der Waals surface area contributed by atoms with Crippen LogP contribution in [0.4, 0.5) is 0 Å². The number of rotatable bonds is 6. The van der Waals surface area contributed by atoms with Crippen LogP contribution < -0.4 is 5.32 Å². The second-order valence-electron chi connectivity index (χ2n) is 5.43. The molecule has 2 fully saturated rings. The molecule has 0 aromatic heterocycles. The normalized spacial score (nSPS) is 27.5. The average Bonchev–Trinajstić information content (AvgIpc) is 2.45. The first-order chi connectivity index (χ1) is 8.92. The largest absolute Gasteiger partial charge is 0.383 e. The number of hydrogen-bond donors (Lipinski definition) is 1. The fourth-order valence-electron chi connectivity index (χ4n) is 3.18. The Morgan fingerprint density at radius 1 is 1.22 bits per heavy atom. The van der Waals surface area contributed by atoms with Crippen LogP contribution in [0.1, 0.15) is 32.1 Å². The molecule has 18 heavy (non-hydrogen) atoms. The summed E-state index contributed by atoms with van der Waals surface area (Å²) in [6.07, 6.45) is 6.53. The molecule has 106 valence electrons. The van der Waals surface area contributed by atoms with Gasteiger partial charge in [-0.05, 0) is 32.2 Å². The zero-order chi connectivity index (χ0) is 12.6. The van der Waals surface area contributed by atoms with E-state index in [9.17, 15) is 0 Å². The summed E-state index contributed by atoms with van der Waals surface area (Å²) in [5, 5.41) is 3.53. The second-order valence-corrected chi connectivity index (χ2v) is 5.43. The molecular formula is C14H28N2O2. The van der Waals surface area contributed by atoms with Gasteiger partial charge in [-0.2, -0.15) is 0 Å². The Labute approximate surface area is 111 Å². The van der Waals surface area contributed by atoms with Gasteiger partial charge in [0.05, 0.1) is 6.61 Å². The zero-order valence-electron chi connectivity index (χ0n) is 11.7. The molecule has 0 aromatic rings. The van der Waals surface area contributed by atoms with Gasteiger partial charge >= 0.3 is 0 Å². The van der Waals surface area contributed by atoms with Gasteiger partial charge in [0.2, 0.25) is 0 Å². The fraction of sp³-hybridized carbons (Fsp3) is 1.00. The fourth-order valence-corrected chi connectivity index (χ4v) is 3.18. The maximum Gasteiger partial charge on any atom is 0.0587 e. The van der Waals surface area contributed by atoms with E-state index in [1.165, 1.54) is 38.6 Å². The van der Waals surface area contributed by atoms with Crippen molar-refractivity contribution in [3.63, 3.8) is 0 Å². The number of ether oxygens (including phenoxy) is 2. The lowest BCUT2D eigenvalue weighted by Gasteiger charge is -2.42. The van der Waals surface area contributed by atoms with Crippen molar-refractivity contribution in [1.29, 1.82) is 0 Å². The highest BCUT2D eigenvalue weighted by atomic mass is 16.5. The lowest BCUT2D eigenvalue weighted by atomic mass is 9.96. The maximum absolute atomic E-state index is 5.48. The van der Waals surface area contributed by atoms with Gasteiger partial charge in [0, 0.05) is 45.5 Å². The Hall–Kier alpha value is -0.160. The van der Waals surface area contributed by atoms with Crippen molar-refractivity contribution in [2.45, 2.75) is 44.2 Å². The molecule has 1 N–H and O–H groups in total. The molecular weight excluding hydrogens is 228 g/mol. The van der Waals surface area contributed by atoms with Crippen LogP contribution in [0.25, 0.3) is 0 Å². The molecule has 2 rings (SSSR count). The van der Waals surface area contributed by atoms with E-state index in [2.05, 4.69) is 10.2 Å². The molecule has 0 aromatic carbocycles. The Kier molecular flexibility index (Phi) is 6.41. The number of nitrogens with zero attached hydrogens (tertiary/aromatic N) is 1. The van der Waals surface area contributed by atoms with Crippen LogP contribution in [0.5, 0.6) is 0 Å². The summed E-state index contributed by atoms with van der Waals surface area (Å²) in [4.78, 5) is 2.74. The molecule has 4 heteroatoms. The summed E-state index contributed by atoms with van der Waals surface area (Å²) in [5.74, 6) is 0. The molecule has 2 aliphatic rings. The first-order valence-electron chi connectivity index (χ1n) is 7.45. The van der Waals surface area contributed by atoms with Gasteiger partial charge in [0.1, 0.15) is 0 Å². The Morgan fingerprint density at radius 2 is 2.06 bits per heavy atom. The van der Waals surface area contributed by atoms with Crippen LogP contribution in [-0.2, 0) is 9.47 Å². The molecule has 0 amide bonds. The smallest absolute Gasteiger partial charge is 0.0587 e. The summed E-state index contributed by atoms with van der Waals surface area (Å²) in [6, 6.07) is 1.48. The van der Waals surface area contributed by atoms with E-state index >= 15 is 0 Å². The third-order valence-electron chi connectivity index (χ3n) is 4.20. The maximum atomic E-state index is 5.48. The van der Waals surface area contributed by atoms with Gasteiger partial charge in [-0.25, -0.2) is 0 Å². The SMILES string of the molecule is COCCNCC1CCCCN1C1CCOCC1. The Balaban J connectivity index is 1.77. The number of methoxy groups -OCH3 is 1. The summed E-state index contributed by atoms with van der Waals surface area (Å²) < 4.78 is 10.6. The van der Waals surface area contributed by atoms with Crippen LogP contribution in [0.3, 0.4) is 0 Å². The third-order valence-corrected chi connectivity index (χ3v) is 4.20. The lowest BCUT2D eigenvalue weighted by molar-refractivity contribution is 0.00475. The number of likely N-dealkylation sites (tertiary alicyclic amines) is 1. The minimum absolute atomic E-state index is 0.721. The molecule has 2 aliphatic heterocycles. The molecule has 0 spiro atoms. The molecule has 2 saturated heterocycles. The summed E-state index contributed by atoms with van der Waals surface area (Å²) in [5.41, 5.74) is 0. The standard InChI is InChI=1S/C14H28N2O2/c1-17-11-7-15-12-14-4-2-3-8-16(14)13-5-9-18-10-6-13/h13-15H,2-12H2,1H3. The molecule has 4 nitrogen and oxygen atoms in total. The van der Waals surface area contributed by atoms with Crippen molar-refractivity contribution in [3.8, 4) is 0 Å². The van der Waals surface area contributed by atoms with Crippen LogP contribution >= 0.6 is 0 Å². The van der Waals surface area contributed by atoms with Gasteiger partial charge in [-0.3, -0.25) is 4.90 Å². The Morgan fingerprint density at radius 3 is 2.83 bits per heavy atom. The number of piperidine rings is 1. The van der Waals surface area contributed by atoms with Crippen molar-refractivity contribution in [1.82, 2.24) is 10.2 Å². The zero-order valence-corrected chi connectivity index (χ0v) is 11.7. The van der Waals surface area contributed by atoms with E-state index in [0.717, 1.165) is 45.0 Å². The monoisotopic (exact) mass is 256 g/mol. The van der Waals surface area contributed by atoms with E-state index in [1.807, 2.05) is 0 Å². The predicted molar refractivity (Wildman–Crippen MR) is 72.9 cm³/mol. The Bertz CT molecular complexity index is 220. The molecule has 0 radical (unpaired) electrons. The van der Waals surface area contributed by atoms with Crippen molar-refractivity contribution < 1.29 is 9.47 Å². The first kappa shape index (κ1) is 14.3. The van der Waals surface area contributed by atoms with Crippen LogP contribution in [0, 0.1) is 0 Å². The van der Waals surface area contributed by atoms with Gasteiger partial charge in [0.25, 0.3) is 0 Å². The lowest BCUT2D eigenvalue weighted by Crippen LogP contribution is -2.52. The van der Waals surface area contributed by atoms with E-state index in [4.69, 9.17) is 9.47 Å². The van der Waals surface area contributed by atoms with Crippen LogP contribution in [0.15, 0.2) is 0 Å². The highest BCUT2D eigenvalue weighted by molar-refractivity contribution is 4.85. The van der Waals surface area contributed by atoms with Crippen LogP contribution in [0.2, 0.25) is 0 Å². The minimum atomic E-state index is 0.721. The molecule has 2 heterocycles. The summed E-state index contributed by atoms with van der Waals surface area (Å²) >= 11 is 0. The quantitative estimate of drug-likeness (QED) is 0.725. The number of hydrogen-bond acceptors (Lipinski definition) is 4. The van der Waals surface area contributed by atoms with Gasteiger partial charge < -0.3 is 14.8 Å². The van der Waals surface area contributed by atoms with E-state index in [0.29, 0.717) is 0 Å². The first-order valence-corrected chi connectivity index (χ1v) is 7.45. The van der Waals surface area contributed by atoms with Crippen molar-refractivity contribution >= 4 is 0 Å². The predicted octanol–water partition coefficient (Wildman–Crippen LogP) is 1.26. The number of nitrogens with one attached hydrogen (secondary N) is 1. The van der Waals surface area contributed by atoms with Crippen molar-refractivity contribution in [2.24, 2.45) is 0 Å². The highest BCUT2D eigenvalue weighted by Gasteiger charge is 2.29. The summed E-state index contributed by atoms with van der Waals surface area (Å²) in [7, 11) is 1.76. The van der Waals surface area contributed by atoms with Gasteiger partial charge in [-0.15, -0.1) is 0 Å². The van der Waals surface area contributed by atoms with Crippen molar-refractivity contribution in [2.75, 3.05) is 46.6 Å². The molecule has 0 saturated carbocycles. The average molecular weight is 256 g/mol. The molecule has 0 aliphatic carbocycles. The molecule has 1 atom stereocenters. The topological polar surface area (TPSA) is 33.7 Å². The molecule has 1 unspecified atom stereocenters. The minimum Gasteiger partial charge on any atom is -0.383 e. The molecule has 0 bridgehead atoms. The van der Waals surface area contributed by atoms with E-state index in [1.54, 1.807) is 7.11 Å². The second kappa shape index (κ2) is 8.10. The van der Waals surface area contributed by atoms with Gasteiger partial charge in [0.15, 0.2) is 0 Å². The van der Waals surface area contributed by atoms with Gasteiger partial charge in [-0.1, -0.05) is 6.42 Å². The van der Waals surface area contributed by atoms with Crippen molar-refractivity contribution in [3.05, 3.63) is 0 Å².